The predicted molar refractivity (Wildman–Crippen MR) is 121 cm³/mol. The Kier molecular flexibility index (Phi) is 5.98. The lowest BCUT2D eigenvalue weighted by molar-refractivity contribution is 0.111. The molecular formula is C24H29FN6O. The number of ether oxygens (including phenoxy) is 1. The minimum atomic E-state index is -0.216. The SMILES string of the molecule is COc1cccc(F)c1C1CC2C(CN1)NNC2N1CCN(c2ccc(C#N)cc2)CC1. The van der Waals surface area contributed by atoms with Gasteiger partial charge in [-0.05, 0) is 42.8 Å². The third-order valence-electron chi connectivity index (χ3n) is 7.08. The number of piperazine rings is 1. The van der Waals surface area contributed by atoms with Crippen LogP contribution in [0.4, 0.5) is 10.1 Å². The lowest BCUT2D eigenvalue weighted by Crippen LogP contribution is -2.56. The van der Waals surface area contributed by atoms with Crippen molar-refractivity contribution in [1.82, 2.24) is 21.1 Å². The van der Waals surface area contributed by atoms with Crippen molar-refractivity contribution in [2.24, 2.45) is 5.92 Å². The molecule has 0 radical (unpaired) electrons. The summed E-state index contributed by atoms with van der Waals surface area (Å²) in [6.07, 6.45) is 1.05. The molecular weight excluding hydrogens is 407 g/mol. The molecule has 3 saturated heterocycles. The number of hydrogen-bond acceptors (Lipinski definition) is 7. The first kappa shape index (κ1) is 21.2. The summed E-state index contributed by atoms with van der Waals surface area (Å²) >= 11 is 0. The number of nitrogens with zero attached hydrogens (tertiary/aromatic N) is 3. The van der Waals surface area contributed by atoms with Crippen molar-refractivity contribution >= 4 is 5.69 Å². The third kappa shape index (κ3) is 3.93. The Hall–Kier alpha value is -2.70. The van der Waals surface area contributed by atoms with Crippen LogP contribution in [-0.2, 0) is 0 Å². The summed E-state index contributed by atoms with van der Waals surface area (Å²) in [6, 6.07) is 15.3. The van der Waals surface area contributed by atoms with E-state index in [9.17, 15) is 4.39 Å². The van der Waals surface area contributed by atoms with Crippen LogP contribution in [-0.4, -0.2) is 56.9 Å². The number of halogens is 1. The Balaban J connectivity index is 1.25. The molecule has 4 atom stereocenters. The van der Waals surface area contributed by atoms with Gasteiger partial charge in [-0.1, -0.05) is 6.07 Å². The van der Waals surface area contributed by atoms with E-state index in [1.54, 1.807) is 13.2 Å². The summed E-state index contributed by atoms with van der Waals surface area (Å²) in [7, 11) is 1.60. The highest BCUT2D eigenvalue weighted by atomic mass is 19.1. The van der Waals surface area contributed by atoms with Crippen LogP contribution in [0.15, 0.2) is 42.5 Å². The van der Waals surface area contributed by atoms with Gasteiger partial charge in [0.1, 0.15) is 11.6 Å². The molecule has 0 saturated carbocycles. The summed E-state index contributed by atoms with van der Waals surface area (Å²) in [5.74, 6) is 0.756. The Morgan fingerprint density at radius 1 is 1.06 bits per heavy atom. The first-order valence-corrected chi connectivity index (χ1v) is 11.2. The largest absolute Gasteiger partial charge is 0.496 e. The normalized spacial score (nSPS) is 28.2. The molecule has 3 heterocycles. The van der Waals surface area contributed by atoms with Crippen LogP contribution in [0.1, 0.15) is 23.6 Å². The summed E-state index contributed by atoms with van der Waals surface area (Å²) < 4.78 is 20.1. The van der Waals surface area contributed by atoms with E-state index in [0.717, 1.165) is 44.8 Å². The Morgan fingerprint density at radius 3 is 2.56 bits per heavy atom. The van der Waals surface area contributed by atoms with E-state index in [1.807, 2.05) is 30.3 Å². The molecule has 168 valence electrons. The van der Waals surface area contributed by atoms with Gasteiger partial charge in [-0.25, -0.2) is 9.82 Å². The molecule has 4 unspecified atom stereocenters. The van der Waals surface area contributed by atoms with Crippen molar-refractivity contribution < 1.29 is 9.13 Å². The molecule has 32 heavy (non-hydrogen) atoms. The molecule has 3 aliphatic heterocycles. The van der Waals surface area contributed by atoms with Gasteiger partial charge in [0.05, 0.1) is 24.9 Å². The van der Waals surface area contributed by atoms with Crippen LogP contribution < -0.4 is 25.8 Å². The fourth-order valence-electron chi connectivity index (χ4n) is 5.37. The van der Waals surface area contributed by atoms with Gasteiger partial charge < -0.3 is 15.0 Å². The monoisotopic (exact) mass is 436 g/mol. The Labute approximate surface area is 188 Å². The van der Waals surface area contributed by atoms with Crippen molar-refractivity contribution in [2.45, 2.75) is 24.7 Å². The number of hydrazine groups is 1. The zero-order valence-electron chi connectivity index (χ0n) is 18.2. The third-order valence-corrected chi connectivity index (χ3v) is 7.08. The Bertz CT molecular complexity index is 985. The number of piperidine rings is 1. The predicted octanol–water partition coefficient (Wildman–Crippen LogP) is 1.98. The topological polar surface area (TPSA) is 75.6 Å². The zero-order valence-corrected chi connectivity index (χ0v) is 18.2. The van der Waals surface area contributed by atoms with E-state index in [0.29, 0.717) is 28.8 Å². The van der Waals surface area contributed by atoms with Crippen LogP contribution in [0.25, 0.3) is 0 Å². The smallest absolute Gasteiger partial charge is 0.131 e. The van der Waals surface area contributed by atoms with Crippen LogP contribution >= 0.6 is 0 Å². The molecule has 2 aromatic rings. The van der Waals surface area contributed by atoms with Crippen molar-refractivity contribution in [3.63, 3.8) is 0 Å². The second kappa shape index (κ2) is 9.04. The van der Waals surface area contributed by atoms with Crippen molar-refractivity contribution in [3.05, 3.63) is 59.4 Å². The molecule has 2 aromatic carbocycles. The van der Waals surface area contributed by atoms with Crippen molar-refractivity contribution in [2.75, 3.05) is 44.7 Å². The molecule has 3 N–H and O–H groups in total. The van der Waals surface area contributed by atoms with E-state index < -0.39 is 0 Å². The van der Waals surface area contributed by atoms with Gasteiger partial charge in [0.15, 0.2) is 0 Å². The van der Waals surface area contributed by atoms with Crippen LogP contribution in [0.3, 0.4) is 0 Å². The number of nitriles is 1. The average molecular weight is 437 g/mol. The molecule has 3 fully saturated rings. The van der Waals surface area contributed by atoms with E-state index in [2.05, 4.69) is 32.0 Å². The van der Waals surface area contributed by atoms with Gasteiger partial charge in [-0.15, -0.1) is 0 Å². The van der Waals surface area contributed by atoms with Gasteiger partial charge >= 0.3 is 0 Å². The minimum absolute atomic E-state index is 0.0727. The van der Waals surface area contributed by atoms with Gasteiger partial charge in [-0.2, -0.15) is 5.26 Å². The first-order valence-electron chi connectivity index (χ1n) is 11.2. The number of hydrogen-bond donors (Lipinski definition) is 3. The van der Waals surface area contributed by atoms with Crippen molar-refractivity contribution in [3.8, 4) is 11.8 Å². The summed E-state index contributed by atoms with van der Waals surface area (Å²) in [5, 5.41) is 12.5. The number of methoxy groups -OCH3 is 1. The molecule has 8 heteroatoms. The summed E-state index contributed by atoms with van der Waals surface area (Å²) in [5.41, 5.74) is 9.44. The maximum Gasteiger partial charge on any atom is 0.131 e. The first-order chi connectivity index (χ1) is 15.7. The summed E-state index contributed by atoms with van der Waals surface area (Å²) in [4.78, 5) is 4.87. The highest BCUT2D eigenvalue weighted by molar-refractivity contribution is 5.50. The second-order valence-electron chi connectivity index (χ2n) is 8.74. The molecule has 0 spiro atoms. The highest BCUT2D eigenvalue weighted by Crippen LogP contribution is 2.38. The van der Waals surface area contributed by atoms with Gasteiger partial charge in [0.2, 0.25) is 0 Å². The zero-order chi connectivity index (χ0) is 22.1. The number of benzene rings is 2. The number of rotatable bonds is 4. The fraction of sp³-hybridized carbons (Fsp3) is 0.458. The Morgan fingerprint density at radius 2 is 1.84 bits per heavy atom. The summed E-state index contributed by atoms with van der Waals surface area (Å²) in [6.45, 7) is 4.55. The molecule has 0 amide bonds. The molecule has 5 rings (SSSR count). The molecule has 7 nitrogen and oxygen atoms in total. The van der Waals surface area contributed by atoms with E-state index in [-0.39, 0.29) is 18.0 Å². The molecule has 0 aromatic heterocycles. The van der Waals surface area contributed by atoms with Crippen LogP contribution in [0.2, 0.25) is 0 Å². The van der Waals surface area contributed by atoms with Crippen LogP contribution in [0, 0.1) is 23.1 Å². The van der Waals surface area contributed by atoms with Gasteiger partial charge in [0.25, 0.3) is 0 Å². The van der Waals surface area contributed by atoms with Gasteiger partial charge in [0, 0.05) is 62.0 Å². The maximum absolute atomic E-state index is 14.7. The number of anilines is 1. The maximum atomic E-state index is 14.7. The molecule has 0 bridgehead atoms. The van der Waals surface area contributed by atoms with E-state index >= 15 is 0 Å². The van der Waals surface area contributed by atoms with E-state index in [4.69, 9.17) is 10.00 Å². The average Bonchev–Trinajstić information content (AvgIpc) is 3.27. The highest BCUT2D eigenvalue weighted by Gasteiger charge is 2.44. The lowest BCUT2D eigenvalue weighted by Gasteiger charge is -2.42. The fourth-order valence-corrected chi connectivity index (χ4v) is 5.37. The molecule has 0 aliphatic carbocycles. The van der Waals surface area contributed by atoms with Gasteiger partial charge in [-0.3, -0.25) is 10.3 Å². The van der Waals surface area contributed by atoms with Crippen molar-refractivity contribution in [1.29, 1.82) is 5.26 Å². The number of nitrogens with one attached hydrogen (secondary N) is 3. The quantitative estimate of drug-likeness (QED) is 0.677. The standard InChI is InChI=1S/C24H29FN6O/c1-32-22-4-2-3-19(25)23(22)20-13-18-21(15-27-20)28-29-24(18)31-11-9-30(10-12-31)17-7-5-16(14-26)6-8-17/h2-8,18,20-21,24,27-29H,9-13,15H2,1H3. The van der Waals surface area contributed by atoms with E-state index in [1.165, 1.54) is 6.07 Å². The second-order valence-corrected chi connectivity index (χ2v) is 8.74. The van der Waals surface area contributed by atoms with Crippen LogP contribution in [0.5, 0.6) is 5.75 Å². The molecule has 3 aliphatic rings. The number of fused-ring (bicyclic) bond motifs is 1. The minimum Gasteiger partial charge on any atom is -0.496 e. The lowest BCUT2D eigenvalue weighted by atomic mass is 9.84.